The number of ether oxygens (including phenoxy) is 2. The summed E-state index contributed by atoms with van der Waals surface area (Å²) < 4.78 is 10.6. The second-order valence-corrected chi connectivity index (χ2v) is 13.3. The van der Waals surface area contributed by atoms with Gasteiger partial charge < -0.3 is 14.6 Å². The van der Waals surface area contributed by atoms with E-state index in [-0.39, 0.29) is 25.2 Å². The van der Waals surface area contributed by atoms with Gasteiger partial charge >= 0.3 is 11.9 Å². The molecule has 0 saturated carbocycles. The van der Waals surface area contributed by atoms with Crippen molar-refractivity contribution in [1.29, 1.82) is 0 Å². The van der Waals surface area contributed by atoms with Crippen molar-refractivity contribution in [2.75, 3.05) is 13.2 Å². The molecule has 0 aliphatic rings. The first kappa shape index (κ1) is 45.9. The quantitative estimate of drug-likeness (QED) is 0.0407. The molecule has 48 heavy (non-hydrogen) atoms. The van der Waals surface area contributed by atoms with Gasteiger partial charge in [-0.3, -0.25) is 9.59 Å². The Bertz CT molecular complexity index is 812. The molecule has 0 heterocycles. The first-order valence-corrected chi connectivity index (χ1v) is 20.2. The number of carbonyl (C=O) groups is 2. The van der Waals surface area contributed by atoms with Crippen LogP contribution in [0.15, 0.2) is 48.6 Å². The number of allylic oxidation sites excluding steroid dienone is 8. The molecule has 0 spiro atoms. The van der Waals surface area contributed by atoms with Crippen LogP contribution in [0.5, 0.6) is 0 Å². The van der Waals surface area contributed by atoms with Gasteiger partial charge in [-0.15, -0.1) is 0 Å². The third-order valence-electron chi connectivity index (χ3n) is 8.64. The molecule has 0 amide bonds. The van der Waals surface area contributed by atoms with Crippen molar-refractivity contribution in [2.45, 2.75) is 200 Å². The summed E-state index contributed by atoms with van der Waals surface area (Å²) >= 11 is 0. The number of esters is 2. The smallest absolute Gasteiger partial charge is 0.306 e. The van der Waals surface area contributed by atoms with E-state index in [1.165, 1.54) is 103 Å². The predicted octanol–water partition coefficient (Wildman–Crippen LogP) is 12.6. The fraction of sp³-hybridized carbons (Fsp3) is 0.767. The SMILES string of the molecule is CC/C=C\C/C=C\C/C=C\C/C=C\CCCCC(=O)OC(CO)COC(=O)CCCCCCCCCCCCCCCCCCCCC. The van der Waals surface area contributed by atoms with Gasteiger partial charge in [0.05, 0.1) is 6.61 Å². The molecular formula is C43H76O5. The lowest BCUT2D eigenvalue weighted by Crippen LogP contribution is -2.28. The number of rotatable bonds is 36. The van der Waals surface area contributed by atoms with Gasteiger partial charge in [0.15, 0.2) is 6.10 Å². The Kier molecular flexibility index (Phi) is 37.5. The summed E-state index contributed by atoms with van der Waals surface area (Å²) in [7, 11) is 0. The minimum Gasteiger partial charge on any atom is -0.462 e. The molecule has 278 valence electrons. The van der Waals surface area contributed by atoms with Crippen molar-refractivity contribution in [3.63, 3.8) is 0 Å². The van der Waals surface area contributed by atoms with E-state index < -0.39 is 6.10 Å². The normalized spacial score (nSPS) is 12.6. The minimum atomic E-state index is -0.791. The molecule has 0 rings (SSSR count). The zero-order valence-corrected chi connectivity index (χ0v) is 31.5. The molecule has 1 atom stereocenters. The maximum atomic E-state index is 12.1. The van der Waals surface area contributed by atoms with E-state index >= 15 is 0 Å². The van der Waals surface area contributed by atoms with Gasteiger partial charge in [-0.1, -0.05) is 178 Å². The highest BCUT2D eigenvalue weighted by atomic mass is 16.6. The van der Waals surface area contributed by atoms with E-state index in [1.807, 2.05) is 0 Å². The molecule has 0 aromatic rings. The highest BCUT2D eigenvalue weighted by Gasteiger charge is 2.16. The van der Waals surface area contributed by atoms with E-state index in [2.05, 4.69) is 62.5 Å². The summed E-state index contributed by atoms with van der Waals surface area (Å²) in [5.41, 5.74) is 0. The Hall–Kier alpha value is -2.14. The van der Waals surface area contributed by atoms with Crippen molar-refractivity contribution < 1.29 is 24.2 Å². The third kappa shape index (κ3) is 36.7. The lowest BCUT2D eigenvalue weighted by molar-refractivity contribution is -0.161. The molecule has 0 aromatic carbocycles. The van der Waals surface area contributed by atoms with Crippen LogP contribution in [0, 0.1) is 0 Å². The monoisotopic (exact) mass is 673 g/mol. The Balaban J connectivity index is 3.58. The summed E-state index contributed by atoms with van der Waals surface area (Å²) in [5.74, 6) is -0.636. The van der Waals surface area contributed by atoms with Crippen molar-refractivity contribution in [1.82, 2.24) is 0 Å². The Labute approximate surface area is 297 Å². The second kappa shape index (κ2) is 39.3. The van der Waals surface area contributed by atoms with Gasteiger partial charge in [-0.2, -0.15) is 0 Å². The van der Waals surface area contributed by atoms with Crippen molar-refractivity contribution >= 4 is 11.9 Å². The van der Waals surface area contributed by atoms with Crippen LogP contribution in [-0.2, 0) is 19.1 Å². The minimum absolute atomic E-state index is 0.0812. The molecule has 5 heteroatoms. The second-order valence-electron chi connectivity index (χ2n) is 13.3. The maximum Gasteiger partial charge on any atom is 0.306 e. The molecule has 1 unspecified atom stereocenters. The fourth-order valence-electron chi connectivity index (χ4n) is 5.60. The molecule has 0 saturated heterocycles. The summed E-state index contributed by atoms with van der Waals surface area (Å²) in [6.07, 6.45) is 48.9. The van der Waals surface area contributed by atoms with Crippen LogP contribution in [0.4, 0.5) is 0 Å². The van der Waals surface area contributed by atoms with Crippen LogP contribution in [-0.4, -0.2) is 36.4 Å². The van der Waals surface area contributed by atoms with Gasteiger partial charge in [0.1, 0.15) is 6.61 Å². The lowest BCUT2D eigenvalue weighted by Gasteiger charge is -2.15. The molecule has 0 aliphatic heterocycles. The first-order chi connectivity index (χ1) is 23.6. The summed E-state index contributed by atoms with van der Waals surface area (Å²) in [6, 6.07) is 0. The first-order valence-electron chi connectivity index (χ1n) is 20.2. The molecule has 0 aliphatic carbocycles. The van der Waals surface area contributed by atoms with Crippen LogP contribution >= 0.6 is 0 Å². The van der Waals surface area contributed by atoms with Crippen molar-refractivity contribution in [3.8, 4) is 0 Å². The zero-order valence-electron chi connectivity index (χ0n) is 31.5. The standard InChI is InChI=1S/C43H76O5/c1-3-5-7-9-11-13-15-17-19-20-21-22-24-25-27-29-31-33-35-37-42(45)47-40-41(39-44)48-43(46)38-36-34-32-30-28-26-23-18-16-14-12-10-8-6-4-2/h6,8,12,14,18,23,28,30,41,44H,3-5,7,9-11,13,15-17,19-22,24-27,29,31-40H2,1-2H3/b8-6-,14-12-,23-18-,30-28-. The van der Waals surface area contributed by atoms with E-state index in [1.54, 1.807) is 0 Å². The summed E-state index contributed by atoms with van der Waals surface area (Å²) in [5, 5.41) is 9.55. The molecular weight excluding hydrogens is 596 g/mol. The van der Waals surface area contributed by atoms with E-state index in [9.17, 15) is 14.7 Å². The number of unbranched alkanes of at least 4 members (excludes halogenated alkanes) is 20. The molecule has 0 aromatic heterocycles. The number of aliphatic hydroxyl groups is 1. The van der Waals surface area contributed by atoms with Crippen LogP contribution in [0.1, 0.15) is 194 Å². The summed E-state index contributed by atoms with van der Waals surface area (Å²) in [4.78, 5) is 24.2. The third-order valence-corrected chi connectivity index (χ3v) is 8.64. The number of hydrogen-bond acceptors (Lipinski definition) is 5. The van der Waals surface area contributed by atoms with E-state index in [0.29, 0.717) is 12.8 Å². The molecule has 1 N–H and O–H groups in total. The predicted molar refractivity (Wildman–Crippen MR) is 205 cm³/mol. The fourth-order valence-corrected chi connectivity index (χ4v) is 5.60. The molecule has 0 bridgehead atoms. The Morgan fingerprint density at radius 3 is 1.35 bits per heavy atom. The van der Waals surface area contributed by atoms with Crippen LogP contribution in [0.2, 0.25) is 0 Å². The van der Waals surface area contributed by atoms with Crippen LogP contribution in [0.25, 0.3) is 0 Å². The van der Waals surface area contributed by atoms with Gasteiger partial charge in [-0.25, -0.2) is 0 Å². The van der Waals surface area contributed by atoms with Gasteiger partial charge in [0, 0.05) is 12.8 Å². The van der Waals surface area contributed by atoms with Crippen molar-refractivity contribution in [2.24, 2.45) is 0 Å². The van der Waals surface area contributed by atoms with Gasteiger partial charge in [0.25, 0.3) is 0 Å². The lowest BCUT2D eigenvalue weighted by atomic mass is 10.0. The number of aliphatic hydroxyl groups excluding tert-OH is 1. The highest BCUT2D eigenvalue weighted by molar-refractivity contribution is 5.70. The average Bonchev–Trinajstić information content (AvgIpc) is 3.09. The average molecular weight is 673 g/mol. The molecule has 0 fully saturated rings. The number of carbonyl (C=O) groups excluding carboxylic acids is 2. The van der Waals surface area contributed by atoms with E-state index in [4.69, 9.17) is 9.47 Å². The maximum absolute atomic E-state index is 12.1. The van der Waals surface area contributed by atoms with E-state index in [0.717, 1.165) is 64.2 Å². The van der Waals surface area contributed by atoms with Gasteiger partial charge in [0.2, 0.25) is 0 Å². The van der Waals surface area contributed by atoms with Crippen LogP contribution < -0.4 is 0 Å². The Morgan fingerprint density at radius 2 is 0.896 bits per heavy atom. The molecule has 5 nitrogen and oxygen atoms in total. The Morgan fingerprint density at radius 1 is 0.500 bits per heavy atom. The van der Waals surface area contributed by atoms with Gasteiger partial charge in [-0.05, 0) is 51.4 Å². The largest absolute Gasteiger partial charge is 0.462 e. The van der Waals surface area contributed by atoms with Crippen LogP contribution in [0.3, 0.4) is 0 Å². The topological polar surface area (TPSA) is 72.8 Å². The zero-order chi connectivity index (χ0) is 35.0. The highest BCUT2D eigenvalue weighted by Crippen LogP contribution is 2.15. The number of hydrogen-bond donors (Lipinski definition) is 1. The summed E-state index contributed by atoms with van der Waals surface area (Å²) in [6.45, 7) is 3.99. The molecule has 0 radical (unpaired) electrons. The van der Waals surface area contributed by atoms with Crippen molar-refractivity contribution in [3.05, 3.63) is 48.6 Å².